The molecular formula is C17H23N5O. The van der Waals surface area contributed by atoms with Crippen LogP contribution in [0.1, 0.15) is 42.3 Å². The van der Waals surface area contributed by atoms with Crippen molar-refractivity contribution >= 4 is 11.7 Å². The number of carbonyl (C=O) groups is 1. The first-order valence-electron chi connectivity index (χ1n) is 8.19. The summed E-state index contributed by atoms with van der Waals surface area (Å²) < 4.78 is 0. The number of anilines is 1. The summed E-state index contributed by atoms with van der Waals surface area (Å²) in [5, 5.41) is 13.0. The predicted molar refractivity (Wildman–Crippen MR) is 89.4 cm³/mol. The predicted octanol–water partition coefficient (Wildman–Crippen LogP) is 2.15. The van der Waals surface area contributed by atoms with Gasteiger partial charge in [0.1, 0.15) is 0 Å². The Labute approximate surface area is 136 Å². The number of H-pyrrole nitrogens is 1. The van der Waals surface area contributed by atoms with Gasteiger partial charge >= 0.3 is 0 Å². The SMILES string of the molecule is Cc1cc(NC(=O)CCc2cccc(C3CCNCC3)n2)n[nH]1. The topological polar surface area (TPSA) is 82.7 Å². The highest BCUT2D eigenvalue weighted by atomic mass is 16.1. The van der Waals surface area contributed by atoms with Crippen LogP contribution in [0, 0.1) is 6.92 Å². The second-order valence-electron chi connectivity index (χ2n) is 6.06. The maximum atomic E-state index is 12.0. The first kappa shape index (κ1) is 15.7. The van der Waals surface area contributed by atoms with Crippen LogP contribution in [0.5, 0.6) is 0 Å². The molecule has 1 fully saturated rings. The number of aryl methyl sites for hydroxylation is 2. The number of aromatic amines is 1. The quantitative estimate of drug-likeness (QED) is 0.790. The van der Waals surface area contributed by atoms with E-state index < -0.39 is 0 Å². The van der Waals surface area contributed by atoms with E-state index >= 15 is 0 Å². The van der Waals surface area contributed by atoms with Crippen molar-refractivity contribution in [3.8, 4) is 0 Å². The maximum absolute atomic E-state index is 12.0. The number of piperidine rings is 1. The normalized spacial score (nSPS) is 15.5. The fourth-order valence-electron chi connectivity index (χ4n) is 2.91. The van der Waals surface area contributed by atoms with Crippen molar-refractivity contribution in [1.82, 2.24) is 20.5 Å². The minimum Gasteiger partial charge on any atom is -0.317 e. The first-order chi connectivity index (χ1) is 11.2. The Morgan fingerprint density at radius 2 is 2.17 bits per heavy atom. The van der Waals surface area contributed by atoms with Crippen molar-refractivity contribution in [2.24, 2.45) is 0 Å². The number of nitrogens with zero attached hydrogens (tertiary/aromatic N) is 2. The van der Waals surface area contributed by atoms with Gasteiger partial charge in [-0.1, -0.05) is 6.07 Å². The van der Waals surface area contributed by atoms with Gasteiger partial charge in [-0.2, -0.15) is 5.10 Å². The van der Waals surface area contributed by atoms with Crippen LogP contribution >= 0.6 is 0 Å². The van der Waals surface area contributed by atoms with E-state index in [2.05, 4.69) is 33.0 Å². The van der Waals surface area contributed by atoms with E-state index in [0.29, 0.717) is 24.6 Å². The molecule has 0 saturated carbocycles. The number of aromatic nitrogens is 3. The highest BCUT2D eigenvalue weighted by Crippen LogP contribution is 2.23. The van der Waals surface area contributed by atoms with Gasteiger partial charge in [-0.15, -0.1) is 0 Å². The Morgan fingerprint density at radius 1 is 1.35 bits per heavy atom. The van der Waals surface area contributed by atoms with E-state index in [4.69, 9.17) is 4.98 Å². The van der Waals surface area contributed by atoms with Crippen LogP contribution in [-0.4, -0.2) is 34.2 Å². The summed E-state index contributed by atoms with van der Waals surface area (Å²) in [6, 6.07) is 7.96. The van der Waals surface area contributed by atoms with E-state index in [1.54, 1.807) is 0 Å². The van der Waals surface area contributed by atoms with Crippen LogP contribution in [0.3, 0.4) is 0 Å². The van der Waals surface area contributed by atoms with Crippen LogP contribution in [0.2, 0.25) is 0 Å². The minimum absolute atomic E-state index is 0.0365. The summed E-state index contributed by atoms with van der Waals surface area (Å²) in [6.07, 6.45) is 3.33. The Morgan fingerprint density at radius 3 is 2.91 bits per heavy atom. The van der Waals surface area contributed by atoms with Crippen molar-refractivity contribution in [3.05, 3.63) is 41.3 Å². The standard InChI is InChI=1S/C17H23N5O/c1-12-11-16(22-21-12)20-17(23)6-5-14-3-2-4-15(19-14)13-7-9-18-10-8-13/h2-4,11,13,18H,5-10H2,1H3,(H2,20,21,22,23). The largest absolute Gasteiger partial charge is 0.317 e. The molecule has 0 spiro atoms. The van der Waals surface area contributed by atoms with E-state index in [-0.39, 0.29) is 5.91 Å². The molecule has 1 aliphatic heterocycles. The van der Waals surface area contributed by atoms with Gasteiger partial charge in [0.2, 0.25) is 5.91 Å². The zero-order valence-corrected chi connectivity index (χ0v) is 13.4. The molecule has 0 bridgehead atoms. The Bertz CT molecular complexity index is 661. The molecule has 0 unspecified atom stereocenters. The first-order valence-corrected chi connectivity index (χ1v) is 8.19. The van der Waals surface area contributed by atoms with E-state index in [1.165, 1.54) is 0 Å². The van der Waals surface area contributed by atoms with Crippen LogP contribution in [-0.2, 0) is 11.2 Å². The molecule has 1 saturated heterocycles. The van der Waals surface area contributed by atoms with E-state index in [9.17, 15) is 4.79 Å². The molecule has 23 heavy (non-hydrogen) atoms. The zero-order valence-electron chi connectivity index (χ0n) is 13.4. The lowest BCUT2D eigenvalue weighted by Crippen LogP contribution is -2.27. The third kappa shape index (κ3) is 4.39. The molecule has 6 heteroatoms. The van der Waals surface area contributed by atoms with Gasteiger partial charge in [-0.3, -0.25) is 14.9 Å². The smallest absolute Gasteiger partial charge is 0.225 e. The third-order valence-electron chi connectivity index (χ3n) is 4.17. The second-order valence-corrected chi connectivity index (χ2v) is 6.06. The Balaban J connectivity index is 1.54. The number of nitrogens with one attached hydrogen (secondary N) is 3. The van der Waals surface area contributed by atoms with Crippen LogP contribution in [0.15, 0.2) is 24.3 Å². The summed E-state index contributed by atoms with van der Waals surface area (Å²) in [5.74, 6) is 1.08. The minimum atomic E-state index is -0.0365. The second kappa shape index (κ2) is 7.37. The van der Waals surface area contributed by atoms with Gasteiger partial charge in [0.25, 0.3) is 0 Å². The zero-order chi connectivity index (χ0) is 16.1. The van der Waals surface area contributed by atoms with Gasteiger partial charge in [0.15, 0.2) is 5.82 Å². The summed E-state index contributed by atoms with van der Waals surface area (Å²) in [6.45, 7) is 4.02. The number of rotatable bonds is 5. The van der Waals surface area contributed by atoms with Crippen molar-refractivity contribution in [2.75, 3.05) is 18.4 Å². The van der Waals surface area contributed by atoms with Gasteiger partial charge in [-0.25, -0.2) is 0 Å². The lowest BCUT2D eigenvalue weighted by atomic mass is 9.94. The average Bonchev–Trinajstić information content (AvgIpc) is 2.99. The molecule has 0 radical (unpaired) electrons. The van der Waals surface area contributed by atoms with Crippen LogP contribution in [0.25, 0.3) is 0 Å². The molecule has 1 amide bonds. The molecule has 1 aliphatic rings. The van der Waals surface area contributed by atoms with Gasteiger partial charge in [-0.05, 0) is 51.4 Å². The lowest BCUT2D eigenvalue weighted by molar-refractivity contribution is -0.116. The fourth-order valence-corrected chi connectivity index (χ4v) is 2.91. The Kier molecular flexibility index (Phi) is 5.02. The monoisotopic (exact) mass is 313 g/mol. The molecule has 2 aromatic heterocycles. The highest BCUT2D eigenvalue weighted by molar-refractivity contribution is 5.89. The highest BCUT2D eigenvalue weighted by Gasteiger charge is 2.16. The van der Waals surface area contributed by atoms with Crippen molar-refractivity contribution in [3.63, 3.8) is 0 Å². The fraction of sp³-hybridized carbons (Fsp3) is 0.471. The number of hydrogen-bond acceptors (Lipinski definition) is 4. The lowest BCUT2D eigenvalue weighted by Gasteiger charge is -2.22. The van der Waals surface area contributed by atoms with Crippen LogP contribution < -0.4 is 10.6 Å². The molecule has 0 aliphatic carbocycles. The summed E-state index contributed by atoms with van der Waals surface area (Å²) in [4.78, 5) is 16.7. The van der Waals surface area contributed by atoms with Crippen molar-refractivity contribution < 1.29 is 4.79 Å². The molecular weight excluding hydrogens is 290 g/mol. The number of pyridine rings is 1. The summed E-state index contributed by atoms with van der Waals surface area (Å²) in [5.41, 5.74) is 3.07. The van der Waals surface area contributed by atoms with Gasteiger partial charge < -0.3 is 10.6 Å². The molecule has 3 rings (SSSR count). The molecule has 3 heterocycles. The number of carbonyl (C=O) groups excluding carboxylic acids is 1. The van der Waals surface area contributed by atoms with Crippen LogP contribution in [0.4, 0.5) is 5.82 Å². The average molecular weight is 313 g/mol. The molecule has 2 aromatic rings. The van der Waals surface area contributed by atoms with E-state index in [0.717, 1.165) is 43.0 Å². The number of amides is 1. The molecule has 3 N–H and O–H groups in total. The molecule has 6 nitrogen and oxygen atoms in total. The van der Waals surface area contributed by atoms with Gasteiger partial charge in [0.05, 0.1) is 0 Å². The molecule has 0 aromatic carbocycles. The summed E-state index contributed by atoms with van der Waals surface area (Å²) >= 11 is 0. The molecule has 122 valence electrons. The summed E-state index contributed by atoms with van der Waals surface area (Å²) in [7, 11) is 0. The van der Waals surface area contributed by atoms with Crippen molar-refractivity contribution in [2.45, 2.75) is 38.5 Å². The Hall–Kier alpha value is -2.21. The van der Waals surface area contributed by atoms with E-state index in [1.807, 2.05) is 19.1 Å². The maximum Gasteiger partial charge on any atom is 0.225 e. The number of hydrogen-bond donors (Lipinski definition) is 3. The molecule has 0 atom stereocenters. The van der Waals surface area contributed by atoms with Gasteiger partial charge in [0, 0.05) is 35.5 Å². The van der Waals surface area contributed by atoms with Crippen molar-refractivity contribution in [1.29, 1.82) is 0 Å². The third-order valence-corrected chi connectivity index (χ3v) is 4.17.